The molecule has 0 aliphatic carbocycles. The summed E-state index contributed by atoms with van der Waals surface area (Å²) in [5.41, 5.74) is 9.33. The number of Topliss-reactive ketones (excluding diaryl/α,β-unsaturated/α-hetero) is 1. The second kappa shape index (κ2) is 8.85. The van der Waals surface area contributed by atoms with Crippen LogP contribution in [0.4, 0.5) is 0 Å². The van der Waals surface area contributed by atoms with Crippen LogP contribution in [-0.2, 0) is 14.8 Å². The van der Waals surface area contributed by atoms with Crippen LogP contribution in [0.15, 0.2) is 29.2 Å². The second-order valence-electron chi connectivity index (χ2n) is 4.83. The minimum absolute atomic E-state index is 0.0459. The summed E-state index contributed by atoms with van der Waals surface area (Å²) in [6.45, 7) is 1.87. The van der Waals surface area contributed by atoms with Gasteiger partial charge < -0.3 is 5.53 Å². The Hall–Kier alpha value is -1.47. The van der Waals surface area contributed by atoms with E-state index in [4.69, 9.17) is 5.53 Å². The van der Waals surface area contributed by atoms with Gasteiger partial charge in [-0.3, -0.25) is 4.79 Å². The average molecular weight is 341 g/mol. The molecule has 1 atom stereocenters. The standard InChI is InChI=1S/C14H19N3O3S2/c1-11-3-5-14(6-4-11)22(19,20)17-12(7-8-21-2)9-13(18)10-16-15/h3-6,10,12,17H,7-9H2,1-2H3. The number of hydrogen-bond acceptors (Lipinski definition) is 4. The summed E-state index contributed by atoms with van der Waals surface area (Å²) in [5, 5.41) is 0. The molecule has 0 aliphatic rings. The maximum Gasteiger partial charge on any atom is 0.323 e. The lowest BCUT2D eigenvalue weighted by atomic mass is 10.1. The third-order valence-corrected chi connectivity index (χ3v) is 5.15. The fourth-order valence-electron chi connectivity index (χ4n) is 1.83. The zero-order valence-corrected chi connectivity index (χ0v) is 14.2. The molecule has 0 radical (unpaired) electrons. The zero-order chi connectivity index (χ0) is 16.6. The molecule has 0 aromatic heterocycles. The van der Waals surface area contributed by atoms with Gasteiger partial charge in [-0.25, -0.2) is 13.1 Å². The molecule has 1 unspecified atom stereocenters. The monoisotopic (exact) mass is 341 g/mol. The number of benzene rings is 1. The molecule has 0 aliphatic heterocycles. The molecule has 8 heteroatoms. The van der Waals surface area contributed by atoms with E-state index in [1.807, 2.05) is 13.2 Å². The molecule has 1 N–H and O–H groups in total. The van der Waals surface area contributed by atoms with Crippen LogP contribution in [0.1, 0.15) is 18.4 Å². The van der Waals surface area contributed by atoms with Crippen LogP contribution >= 0.6 is 11.8 Å². The molecule has 0 fully saturated rings. The number of carbonyl (C=O) groups is 1. The Morgan fingerprint density at radius 2 is 2.05 bits per heavy atom. The van der Waals surface area contributed by atoms with E-state index in [0.29, 0.717) is 12.2 Å². The van der Waals surface area contributed by atoms with E-state index in [1.54, 1.807) is 23.9 Å². The van der Waals surface area contributed by atoms with E-state index < -0.39 is 21.8 Å². The van der Waals surface area contributed by atoms with Crippen molar-refractivity contribution >= 4 is 33.8 Å². The van der Waals surface area contributed by atoms with Crippen LogP contribution in [0.5, 0.6) is 0 Å². The van der Waals surface area contributed by atoms with Gasteiger partial charge in [-0.2, -0.15) is 16.6 Å². The summed E-state index contributed by atoms with van der Waals surface area (Å²) in [7, 11) is -3.69. The van der Waals surface area contributed by atoms with Gasteiger partial charge in [0.25, 0.3) is 0 Å². The predicted molar refractivity (Wildman–Crippen MR) is 87.6 cm³/mol. The molecule has 1 rings (SSSR count). The van der Waals surface area contributed by atoms with Crippen LogP contribution in [0.3, 0.4) is 0 Å². The molecule has 0 saturated heterocycles. The van der Waals surface area contributed by atoms with Crippen molar-refractivity contribution < 1.29 is 18.0 Å². The number of sulfonamides is 1. The van der Waals surface area contributed by atoms with Crippen LogP contribution in [0, 0.1) is 6.92 Å². The lowest BCUT2D eigenvalue weighted by Crippen LogP contribution is -2.37. The number of rotatable bonds is 9. The first-order chi connectivity index (χ1) is 10.4. The van der Waals surface area contributed by atoms with Crippen LogP contribution in [-0.4, -0.2) is 43.3 Å². The van der Waals surface area contributed by atoms with Gasteiger partial charge in [0.15, 0.2) is 0 Å². The number of hydrogen-bond donors (Lipinski definition) is 1. The van der Waals surface area contributed by atoms with Crippen molar-refractivity contribution in [3.63, 3.8) is 0 Å². The minimum atomic E-state index is -3.69. The highest BCUT2D eigenvalue weighted by Gasteiger charge is 2.22. The predicted octanol–water partition coefficient (Wildman–Crippen LogP) is 1.65. The molecular formula is C14H19N3O3S2. The van der Waals surface area contributed by atoms with Gasteiger partial charge in [-0.1, -0.05) is 17.7 Å². The summed E-state index contributed by atoms with van der Waals surface area (Å²) >= 11 is 1.57. The van der Waals surface area contributed by atoms with Gasteiger partial charge in [0.05, 0.1) is 4.90 Å². The van der Waals surface area contributed by atoms with Crippen molar-refractivity contribution in [1.29, 1.82) is 0 Å². The fourth-order valence-corrected chi connectivity index (χ4v) is 3.62. The van der Waals surface area contributed by atoms with Crippen molar-refractivity contribution in [3.8, 4) is 0 Å². The summed E-state index contributed by atoms with van der Waals surface area (Å²) in [6.07, 6.45) is 3.15. The molecule has 0 bridgehead atoms. The van der Waals surface area contributed by atoms with E-state index in [2.05, 4.69) is 9.51 Å². The smallest absolute Gasteiger partial charge is 0.323 e. The number of ketones is 1. The molecule has 120 valence electrons. The van der Waals surface area contributed by atoms with Crippen molar-refractivity contribution in [3.05, 3.63) is 35.4 Å². The molecule has 0 spiro atoms. The lowest BCUT2D eigenvalue weighted by molar-refractivity contribution is -0.116. The zero-order valence-electron chi connectivity index (χ0n) is 12.5. The highest BCUT2D eigenvalue weighted by molar-refractivity contribution is 7.98. The third kappa shape index (κ3) is 6.11. The first-order valence-electron chi connectivity index (χ1n) is 6.67. The van der Waals surface area contributed by atoms with Gasteiger partial charge in [-0.05, 0) is 37.5 Å². The normalized spacial score (nSPS) is 12.5. The van der Waals surface area contributed by atoms with E-state index in [1.165, 1.54) is 12.1 Å². The summed E-state index contributed by atoms with van der Waals surface area (Å²) in [4.78, 5) is 14.4. The third-order valence-electron chi connectivity index (χ3n) is 2.97. The maximum atomic E-state index is 12.3. The van der Waals surface area contributed by atoms with Gasteiger partial charge in [-0.15, -0.1) is 0 Å². The number of nitrogens with zero attached hydrogens (tertiary/aromatic N) is 2. The Morgan fingerprint density at radius 3 is 2.59 bits per heavy atom. The first kappa shape index (κ1) is 18.6. The Balaban J connectivity index is 2.88. The molecule has 1 aromatic rings. The Morgan fingerprint density at radius 1 is 1.41 bits per heavy atom. The number of aryl methyl sites for hydroxylation is 1. The summed E-state index contributed by atoms with van der Waals surface area (Å²) in [5.74, 6) is 0.283. The fraction of sp³-hybridized carbons (Fsp3) is 0.429. The Bertz CT molecular complexity index is 650. The van der Waals surface area contributed by atoms with Crippen molar-refractivity contribution in [2.45, 2.75) is 30.7 Å². The molecule has 0 amide bonds. The minimum Gasteiger partial charge on any atom is -0.361 e. The van der Waals surface area contributed by atoms with Gasteiger partial charge in [0.2, 0.25) is 15.8 Å². The van der Waals surface area contributed by atoms with Gasteiger partial charge in [0, 0.05) is 12.5 Å². The number of thioether (sulfide) groups is 1. The largest absolute Gasteiger partial charge is 0.361 e. The lowest BCUT2D eigenvalue weighted by Gasteiger charge is -2.16. The van der Waals surface area contributed by atoms with E-state index in [0.717, 1.165) is 11.8 Å². The van der Waals surface area contributed by atoms with Gasteiger partial charge >= 0.3 is 6.21 Å². The van der Waals surface area contributed by atoms with E-state index >= 15 is 0 Å². The first-order valence-corrected chi connectivity index (χ1v) is 9.55. The van der Waals surface area contributed by atoms with Crippen molar-refractivity contribution in [1.82, 2.24) is 4.72 Å². The Kier molecular flexibility index (Phi) is 7.47. The molecule has 22 heavy (non-hydrogen) atoms. The Labute approximate surface area is 135 Å². The maximum absolute atomic E-state index is 12.3. The van der Waals surface area contributed by atoms with Crippen LogP contribution < -0.4 is 4.72 Å². The molecule has 0 saturated carbocycles. The van der Waals surface area contributed by atoms with Crippen LogP contribution in [0.25, 0.3) is 5.53 Å². The topological polar surface area (TPSA) is 99.6 Å². The highest BCUT2D eigenvalue weighted by atomic mass is 32.2. The molecule has 6 nitrogen and oxygen atoms in total. The SMILES string of the molecule is CSCCC(CC(=O)C=[N+]=[N-])NS(=O)(=O)c1ccc(C)cc1. The van der Waals surface area contributed by atoms with E-state index in [-0.39, 0.29) is 11.3 Å². The molecule has 1 aromatic carbocycles. The molecule has 0 heterocycles. The van der Waals surface area contributed by atoms with Crippen molar-refractivity contribution in [2.75, 3.05) is 12.0 Å². The van der Waals surface area contributed by atoms with Crippen molar-refractivity contribution in [2.24, 2.45) is 0 Å². The summed E-state index contributed by atoms with van der Waals surface area (Å²) in [6, 6.07) is 5.95. The van der Waals surface area contributed by atoms with Crippen LogP contribution in [0.2, 0.25) is 0 Å². The average Bonchev–Trinajstić information content (AvgIpc) is 2.45. The number of nitrogens with one attached hydrogen (secondary N) is 1. The van der Waals surface area contributed by atoms with Gasteiger partial charge in [0.1, 0.15) is 0 Å². The molecular weight excluding hydrogens is 322 g/mol. The highest BCUT2D eigenvalue weighted by Crippen LogP contribution is 2.13. The number of carbonyl (C=O) groups excluding carboxylic acids is 1. The summed E-state index contributed by atoms with van der Waals surface area (Å²) < 4.78 is 27.2. The second-order valence-corrected chi connectivity index (χ2v) is 7.53. The van der Waals surface area contributed by atoms with E-state index in [9.17, 15) is 13.2 Å². The quantitative estimate of drug-likeness (QED) is 0.419.